The fourth-order valence-corrected chi connectivity index (χ4v) is 6.50. The first kappa shape index (κ1) is 33.7. The minimum absolute atomic E-state index is 0.00728. The quantitative estimate of drug-likeness (QED) is 0.200. The lowest BCUT2D eigenvalue weighted by atomic mass is 10.0. The molecule has 0 aliphatic carbocycles. The number of sulfonamides is 1. The van der Waals surface area contributed by atoms with Crippen molar-refractivity contribution in [1.82, 2.24) is 10.2 Å². The number of benzene rings is 4. The second kappa shape index (κ2) is 14.3. The van der Waals surface area contributed by atoms with E-state index in [1.165, 1.54) is 29.2 Å². The summed E-state index contributed by atoms with van der Waals surface area (Å²) in [5.74, 6) is -1.73. The van der Waals surface area contributed by atoms with Gasteiger partial charge in [0.2, 0.25) is 11.8 Å². The predicted octanol–water partition coefficient (Wildman–Crippen LogP) is 6.54. The van der Waals surface area contributed by atoms with Gasteiger partial charge >= 0.3 is 0 Å². The summed E-state index contributed by atoms with van der Waals surface area (Å²) in [5.41, 5.74) is 1.97. The summed E-state index contributed by atoms with van der Waals surface area (Å²) < 4.78 is 43.1. The molecule has 0 saturated carbocycles. The topological polar surface area (TPSA) is 86.8 Å². The van der Waals surface area contributed by atoms with Crippen molar-refractivity contribution in [2.75, 3.05) is 10.8 Å². The lowest BCUT2D eigenvalue weighted by Crippen LogP contribution is -2.56. The van der Waals surface area contributed by atoms with Gasteiger partial charge in [-0.2, -0.15) is 0 Å². The summed E-state index contributed by atoms with van der Waals surface area (Å²) in [7, 11) is -4.32. The normalized spacial score (nSPS) is 12.3. The summed E-state index contributed by atoms with van der Waals surface area (Å²) in [6.45, 7) is 6.85. The van der Waals surface area contributed by atoms with Crippen LogP contribution in [0.2, 0.25) is 5.02 Å². The Morgan fingerprint density at radius 2 is 1.49 bits per heavy atom. The van der Waals surface area contributed by atoms with E-state index < -0.39 is 39.9 Å². The Hall–Kier alpha value is -4.21. The van der Waals surface area contributed by atoms with Crippen LogP contribution in [0.1, 0.15) is 37.5 Å². The maximum Gasteiger partial charge on any atom is 0.264 e. The van der Waals surface area contributed by atoms with Gasteiger partial charge in [0.1, 0.15) is 18.4 Å². The van der Waals surface area contributed by atoms with Gasteiger partial charge in [0, 0.05) is 18.5 Å². The van der Waals surface area contributed by atoms with E-state index in [9.17, 15) is 22.4 Å². The molecule has 0 spiro atoms. The van der Waals surface area contributed by atoms with Gasteiger partial charge in [0.25, 0.3) is 10.0 Å². The highest BCUT2D eigenvalue weighted by Crippen LogP contribution is 2.28. The van der Waals surface area contributed by atoms with Crippen LogP contribution in [0.25, 0.3) is 0 Å². The number of aryl methyl sites for hydroxylation is 1. The lowest BCUT2D eigenvalue weighted by molar-refractivity contribution is -0.140. The van der Waals surface area contributed by atoms with Crippen molar-refractivity contribution in [3.8, 4) is 0 Å². The van der Waals surface area contributed by atoms with Crippen molar-refractivity contribution in [2.24, 2.45) is 0 Å². The largest absolute Gasteiger partial charge is 0.350 e. The monoisotopic (exact) mass is 649 g/mol. The zero-order chi connectivity index (χ0) is 32.8. The molecule has 1 atom stereocenters. The second-order valence-corrected chi connectivity index (χ2v) is 14.1. The van der Waals surface area contributed by atoms with Crippen LogP contribution in [-0.4, -0.2) is 43.3 Å². The van der Waals surface area contributed by atoms with Gasteiger partial charge in [-0.15, -0.1) is 0 Å². The molecule has 4 rings (SSSR count). The van der Waals surface area contributed by atoms with E-state index in [0.29, 0.717) is 0 Å². The molecule has 0 fully saturated rings. The number of hydrogen-bond acceptors (Lipinski definition) is 4. The third-order valence-corrected chi connectivity index (χ3v) is 9.08. The van der Waals surface area contributed by atoms with Crippen molar-refractivity contribution >= 4 is 39.1 Å². The molecule has 0 aliphatic rings. The van der Waals surface area contributed by atoms with Gasteiger partial charge in [-0.1, -0.05) is 90.0 Å². The maximum absolute atomic E-state index is 14.5. The smallest absolute Gasteiger partial charge is 0.264 e. The molecule has 4 aromatic carbocycles. The van der Waals surface area contributed by atoms with Gasteiger partial charge in [0.15, 0.2) is 0 Å². The van der Waals surface area contributed by atoms with Crippen LogP contribution < -0.4 is 9.62 Å². The Morgan fingerprint density at radius 1 is 0.867 bits per heavy atom. The molecule has 0 heterocycles. The standard InChI is InChI=1S/C35H37ClFN3O4S/c1-25-12-11-15-27(20-25)23-39(32(34(42)38-35(2,3)4)21-26-13-7-5-8-14-26)33(41)24-40(28-18-19-31(37)30(36)22-28)45(43,44)29-16-9-6-10-17-29/h5-20,22,32H,21,23-24H2,1-4H3,(H,38,42)/t32-/m0/s1. The molecule has 4 aromatic rings. The second-order valence-electron chi connectivity index (χ2n) is 11.9. The number of halogens is 2. The van der Waals surface area contributed by atoms with Crippen molar-refractivity contribution in [2.45, 2.75) is 57.1 Å². The lowest BCUT2D eigenvalue weighted by Gasteiger charge is -2.35. The van der Waals surface area contributed by atoms with Gasteiger partial charge in [-0.3, -0.25) is 13.9 Å². The number of amides is 2. The molecule has 0 aromatic heterocycles. The van der Waals surface area contributed by atoms with Gasteiger partial charge < -0.3 is 10.2 Å². The highest BCUT2D eigenvalue weighted by molar-refractivity contribution is 7.92. The number of hydrogen-bond donors (Lipinski definition) is 1. The van der Waals surface area contributed by atoms with Crippen LogP contribution in [0.3, 0.4) is 0 Å². The van der Waals surface area contributed by atoms with Gasteiger partial charge in [0.05, 0.1) is 15.6 Å². The van der Waals surface area contributed by atoms with E-state index >= 15 is 0 Å². The molecule has 0 aliphatic heterocycles. The summed E-state index contributed by atoms with van der Waals surface area (Å²) in [5, 5.41) is 2.71. The molecule has 0 bridgehead atoms. The molecule has 236 valence electrons. The van der Waals surface area contributed by atoms with Crippen LogP contribution >= 0.6 is 11.6 Å². The summed E-state index contributed by atoms with van der Waals surface area (Å²) >= 11 is 6.07. The molecular weight excluding hydrogens is 613 g/mol. The van der Waals surface area contributed by atoms with E-state index in [2.05, 4.69) is 5.32 Å². The fraction of sp³-hybridized carbons (Fsp3) is 0.257. The van der Waals surface area contributed by atoms with E-state index in [-0.39, 0.29) is 34.5 Å². The molecule has 0 unspecified atom stereocenters. The first-order valence-electron chi connectivity index (χ1n) is 14.5. The molecule has 45 heavy (non-hydrogen) atoms. The van der Waals surface area contributed by atoms with Crippen LogP contribution in [-0.2, 0) is 32.6 Å². The number of anilines is 1. The Kier molecular flexibility index (Phi) is 10.7. The van der Waals surface area contributed by atoms with Crippen LogP contribution in [0.4, 0.5) is 10.1 Å². The molecule has 0 radical (unpaired) electrons. The first-order chi connectivity index (χ1) is 21.2. The number of nitrogens with one attached hydrogen (secondary N) is 1. The van der Waals surface area contributed by atoms with E-state index in [4.69, 9.17) is 11.6 Å². The van der Waals surface area contributed by atoms with Crippen molar-refractivity contribution in [1.29, 1.82) is 0 Å². The van der Waals surface area contributed by atoms with Crippen LogP contribution in [0.15, 0.2) is 108 Å². The third-order valence-electron chi connectivity index (χ3n) is 7.01. The highest BCUT2D eigenvalue weighted by atomic mass is 35.5. The van der Waals surface area contributed by atoms with Crippen molar-refractivity contribution in [3.63, 3.8) is 0 Å². The SMILES string of the molecule is Cc1cccc(CN(C(=O)CN(c2ccc(F)c(Cl)c2)S(=O)(=O)c2ccccc2)[C@@H](Cc2ccccc2)C(=O)NC(C)(C)C)c1. The zero-order valence-electron chi connectivity index (χ0n) is 25.7. The molecule has 2 amide bonds. The van der Waals surface area contributed by atoms with Gasteiger partial charge in [-0.05, 0) is 69.2 Å². The Bertz CT molecular complexity index is 1750. The van der Waals surface area contributed by atoms with Crippen LogP contribution in [0.5, 0.6) is 0 Å². The molecule has 1 N–H and O–H groups in total. The molecular formula is C35H37ClFN3O4S. The Balaban J connectivity index is 1.83. The predicted molar refractivity (Wildman–Crippen MR) is 176 cm³/mol. The number of carbonyl (C=O) groups excluding carboxylic acids is 2. The molecule has 7 nitrogen and oxygen atoms in total. The van der Waals surface area contributed by atoms with Gasteiger partial charge in [-0.25, -0.2) is 12.8 Å². The maximum atomic E-state index is 14.5. The van der Waals surface area contributed by atoms with Crippen LogP contribution in [0, 0.1) is 12.7 Å². The van der Waals surface area contributed by atoms with E-state index in [1.54, 1.807) is 18.2 Å². The van der Waals surface area contributed by atoms with E-state index in [1.807, 2.05) is 82.3 Å². The average Bonchev–Trinajstić information content (AvgIpc) is 2.99. The minimum atomic E-state index is -4.32. The highest BCUT2D eigenvalue weighted by Gasteiger charge is 2.35. The van der Waals surface area contributed by atoms with E-state index in [0.717, 1.165) is 27.1 Å². The molecule has 0 saturated heterocycles. The number of carbonyl (C=O) groups is 2. The first-order valence-corrected chi connectivity index (χ1v) is 16.3. The summed E-state index contributed by atoms with van der Waals surface area (Å²) in [6.07, 6.45) is 0.189. The summed E-state index contributed by atoms with van der Waals surface area (Å²) in [4.78, 5) is 29.8. The molecule has 10 heteroatoms. The summed E-state index contributed by atoms with van der Waals surface area (Å²) in [6, 6.07) is 27.0. The van der Waals surface area contributed by atoms with Crippen molar-refractivity contribution in [3.05, 3.63) is 131 Å². The number of nitrogens with zero attached hydrogens (tertiary/aromatic N) is 2. The third kappa shape index (κ3) is 8.93. The average molecular weight is 650 g/mol. The fourth-order valence-electron chi connectivity index (χ4n) is 4.90. The minimum Gasteiger partial charge on any atom is -0.350 e. The van der Waals surface area contributed by atoms with Crippen molar-refractivity contribution < 1.29 is 22.4 Å². The zero-order valence-corrected chi connectivity index (χ0v) is 27.3. The Morgan fingerprint density at radius 3 is 2.09 bits per heavy atom. The Labute approximate surface area is 269 Å². The number of rotatable bonds is 11.